The van der Waals surface area contributed by atoms with Crippen molar-refractivity contribution in [2.45, 2.75) is 45.8 Å². The van der Waals surface area contributed by atoms with E-state index in [4.69, 9.17) is 10.6 Å². The van der Waals surface area contributed by atoms with Crippen LogP contribution in [0.4, 0.5) is 11.4 Å². The number of para-hydroxylation sites is 1. The summed E-state index contributed by atoms with van der Waals surface area (Å²) in [7, 11) is 0. The van der Waals surface area contributed by atoms with Crippen molar-refractivity contribution in [3.05, 3.63) is 33.9 Å². The molecular weight excluding hydrogens is 270 g/mol. The molecule has 6 heteroatoms. The lowest BCUT2D eigenvalue weighted by Gasteiger charge is -2.31. The minimum Gasteiger partial charge on any atom is -0.373 e. The van der Waals surface area contributed by atoms with Crippen LogP contribution in [-0.2, 0) is 11.3 Å². The number of nitro benzene ring substituents is 1. The van der Waals surface area contributed by atoms with E-state index in [1.54, 1.807) is 12.1 Å². The van der Waals surface area contributed by atoms with Crippen LogP contribution in [0, 0.1) is 22.0 Å². The molecule has 2 atom stereocenters. The number of hydrogen-bond acceptors (Lipinski definition) is 5. The Kier molecular flexibility index (Phi) is 5.14. The van der Waals surface area contributed by atoms with E-state index in [1.807, 2.05) is 0 Å². The summed E-state index contributed by atoms with van der Waals surface area (Å²) in [5.74, 6) is 6.76. The average molecular weight is 293 g/mol. The summed E-state index contributed by atoms with van der Waals surface area (Å²) in [5.41, 5.74) is 3.46. The highest BCUT2D eigenvalue weighted by Crippen LogP contribution is 2.32. The van der Waals surface area contributed by atoms with E-state index >= 15 is 0 Å². The third-order valence-electron chi connectivity index (χ3n) is 4.08. The molecule has 0 bridgehead atoms. The van der Waals surface area contributed by atoms with Crippen LogP contribution >= 0.6 is 0 Å². The van der Waals surface area contributed by atoms with Gasteiger partial charge in [0.25, 0.3) is 5.69 Å². The third-order valence-corrected chi connectivity index (χ3v) is 4.08. The van der Waals surface area contributed by atoms with Gasteiger partial charge in [-0.15, -0.1) is 0 Å². The summed E-state index contributed by atoms with van der Waals surface area (Å²) < 4.78 is 5.97. The normalized spacial score (nSPS) is 25.6. The molecule has 1 aromatic rings. The number of benzene rings is 1. The fourth-order valence-electron chi connectivity index (χ4n) is 3.24. The van der Waals surface area contributed by atoms with Crippen LogP contribution in [0.3, 0.4) is 0 Å². The molecule has 2 unspecified atom stereocenters. The van der Waals surface area contributed by atoms with Gasteiger partial charge >= 0.3 is 0 Å². The van der Waals surface area contributed by atoms with E-state index < -0.39 is 4.92 Å². The highest BCUT2D eigenvalue weighted by atomic mass is 16.6. The first kappa shape index (κ1) is 15.7. The van der Waals surface area contributed by atoms with Crippen LogP contribution in [0.2, 0.25) is 0 Å². The first-order chi connectivity index (χ1) is 10.0. The van der Waals surface area contributed by atoms with Crippen molar-refractivity contribution >= 4 is 11.4 Å². The molecule has 0 aliphatic heterocycles. The molecule has 0 spiro atoms. The third kappa shape index (κ3) is 3.92. The zero-order valence-corrected chi connectivity index (χ0v) is 12.5. The number of anilines is 1. The van der Waals surface area contributed by atoms with E-state index in [1.165, 1.54) is 12.5 Å². The standard InChI is InChI=1S/C15H23N3O3/c1-10-6-11(2)8-13(7-10)21-9-12-4-3-5-14(18(19)20)15(12)17-16/h3-5,10-11,13,17H,6-9,16H2,1-2H3. The van der Waals surface area contributed by atoms with Crippen molar-refractivity contribution in [1.29, 1.82) is 0 Å². The van der Waals surface area contributed by atoms with Gasteiger partial charge in [-0.1, -0.05) is 26.0 Å². The Morgan fingerprint density at radius 2 is 2.00 bits per heavy atom. The summed E-state index contributed by atoms with van der Waals surface area (Å²) >= 11 is 0. The summed E-state index contributed by atoms with van der Waals surface area (Å²) in [6, 6.07) is 4.89. The maximum absolute atomic E-state index is 11.0. The maximum Gasteiger partial charge on any atom is 0.294 e. The minimum atomic E-state index is -0.441. The molecule has 6 nitrogen and oxygen atoms in total. The summed E-state index contributed by atoms with van der Waals surface area (Å²) in [5, 5.41) is 11.0. The molecule has 1 aliphatic rings. The van der Waals surface area contributed by atoms with Crippen molar-refractivity contribution < 1.29 is 9.66 Å². The Morgan fingerprint density at radius 1 is 1.33 bits per heavy atom. The topological polar surface area (TPSA) is 90.4 Å². The van der Waals surface area contributed by atoms with Crippen LogP contribution in [0.15, 0.2) is 18.2 Å². The van der Waals surface area contributed by atoms with Crippen LogP contribution in [0.5, 0.6) is 0 Å². The summed E-state index contributed by atoms with van der Waals surface area (Å²) in [6.07, 6.45) is 3.55. The van der Waals surface area contributed by atoms with Gasteiger partial charge in [0.2, 0.25) is 0 Å². The highest BCUT2D eigenvalue weighted by molar-refractivity contribution is 5.65. The molecule has 0 heterocycles. The van der Waals surface area contributed by atoms with Crippen molar-refractivity contribution in [3.8, 4) is 0 Å². The summed E-state index contributed by atoms with van der Waals surface area (Å²) in [4.78, 5) is 10.6. The molecular formula is C15H23N3O3. The SMILES string of the molecule is CC1CC(C)CC(OCc2cccc([N+](=O)[O-])c2NN)C1. The van der Waals surface area contributed by atoms with Gasteiger partial charge in [-0.25, -0.2) is 0 Å². The lowest BCUT2D eigenvalue weighted by Crippen LogP contribution is -2.26. The summed E-state index contributed by atoms with van der Waals surface area (Å²) in [6.45, 7) is 4.82. The molecule has 1 aliphatic carbocycles. The second-order valence-electron chi connectivity index (χ2n) is 6.06. The van der Waals surface area contributed by atoms with Crippen LogP contribution in [0.1, 0.15) is 38.7 Å². The first-order valence-electron chi connectivity index (χ1n) is 7.35. The molecule has 1 fully saturated rings. The van der Waals surface area contributed by atoms with Crippen molar-refractivity contribution in [2.75, 3.05) is 5.43 Å². The number of ether oxygens (including phenoxy) is 1. The predicted molar refractivity (Wildman–Crippen MR) is 81.7 cm³/mol. The fourth-order valence-corrected chi connectivity index (χ4v) is 3.24. The average Bonchev–Trinajstić information content (AvgIpc) is 2.43. The zero-order chi connectivity index (χ0) is 15.4. The molecule has 0 saturated heterocycles. The number of rotatable bonds is 5. The van der Waals surface area contributed by atoms with Gasteiger partial charge in [-0.3, -0.25) is 16.0 Å². The molecule has 1 saturated carbocycles. The Bertz CT molecular complexity index is 497. The minimum absolute atomic E-state index is 0.0241. The number of nitrogens with two attached hydrogens (primary N) is 1. The van der Waals surface area contributed by atoms with Gasteiger partial charge in [0.1, 0.15) is 5.69 Å². The van der Waals surface area contributed by atoms with Gasteiger partial charge in [-0.05, 0) is 31.1 Å². The van der Waals surface area contributed by atoms with Crippen molar-refractivity contribution in [2.24, 2.45) is 17.7 Å². The molecule has 21 heavy (non-hydrogen) atoms. The largest absolute Gasteiger partial charge is 0.373 e. The lowest BCUT2D eigenvalue weighted by molar-refractivity contribution is -0.384. The number of hydrogen-bond donors (Lipinski definition) is 2. The van der Waals surface area contributed by atoms with Crippen LogP contribution < -0.4 is 11.3 Å². The van der Waals surface area contributed by atoms with E-state index in [2.05, 4.69) is 19.3 Å². The number of hydrazine groups is 1. The number of nitrogens with one attached hydrogen (secondary N) is 1. The Hall–Kier alpha value is -1.66. The Balaban J connectivity index is 2.06. The number of nitrogen functional groups attached to an aromatic ring is 1. The lowest BCUT2D eigenvalue weighted by atomic mass is 9.82. The highest BCUT2D eigenvalue weighted by Gasteiger charge is 2.25. The van der Waals surface area contributed by atoms with Gasteiger partial charge in [0, 0.05) is 11.6 Å². The molecule has 3 N–H and O–H groups in total. The van der Waals surface area contributed by atoms with E-state index in [0.717, 1.165) is 18.4 Å². The fraction of sp³-hybridized carbons (Fsp3) is 0.600. The predicted octanol–water partition coefficient (Wildman–Crippen LogP) is 3.22. The van der Waals surface area contributed by atoms with Crippen LogP contribution in [0.25, 0.3) is 0 Å². The monoisotopic (exact) mass is 293 g/mol. The molecule has 1 aromatic carbocycles. The van der Waals surface area contributed by atoms with Crippen molar-refractivity contribution in [3.63, 3.8) is 0 Å². The molecule has 2 rings (SSSR count). The molecule has 0 aromatic heterocycles. The first-order valence-corrected chi connectivity index (χ1v) is 7.35. The quantitative estimate of drug-likeness (QED) is 0.494. The van der Waals surface area contributed by atoms with Gasteiger partial charge in [-0.2, -0.15) is 0 Å². The van der Waals surface area contributed by atoms with Gasteiger partial charge in [0.05, 0.1) is 17.6 Å². The Morgan fingerprint density at radius 3 is 2.57 bits per heavy atom. The molecule has 116 valence electrons. The van der Waals surface area contributed by atoms with Crippen molar-refractivity contribution in [1.82, 2.24) is 0 Å². The molecule has 0 amide bonds. The Labute approximate surface area is 124 Å². The second-order valence-corrected chi connectivity index (χ2v) is 6.06. The maximum atomic E-state index is 11.0. The van der Waals surface area contributed by atoms with Gasteiger partial charge < -0.3 is 10.2 Å². The van der Waals surface area contributed by atoms with E-state index in [-0.39, 0.29) is 11.8 Å². The number of nitro groups is 1. The van der Waals surface area contributed by atoms with E-state index in [9.17, 15) is 10.1 Å². The second kappa shape index (κ2) is 6.87. The smallest absolute Gasteiger partial charge is 0.294 e. The molecule has 0 radical (unpaired) electrons. The van der Waals surface area contributed by atoms with Crippen LogP contribution in [-0.4, -0.2) is 11.0 Å². The number of nitrogens with zero attached hydrogens (tertiary/aromatic N) is 1. The van der Waals surface area contributed by atoms with Gasteiger partial charge in [0.15, 0.2) is 0 Å². The van der Waals surface area contributed by atoms with E-state index in [0.29, 0.717) is 24.1 Å². The zero-order valence-electron chi connectivity index (χ0n) is 12.5.